The van der Waals surface area contributed by atoms with E-state index >= 15 is 0 Å². The number of benzene rings is 1. The summed E-state index contributed by atoms with van der Waals surface area (Å²) in [4.78, 5) is 16.2. The van der Waals surface area contributed by atoms with E-state index in [1.807, 2.05) is 30.3 Å². The number of carbonyl (C=O) groups excluding carboxylic acids is 1. The number of rotatable bonds is 6. The van der Waals surface area contributed by atoms with Gasteiger partial charge in [-0.1, -0.05) is 43.2 Å². The molecule has 0 bridgehead atoms. The minimum atomic E-state index is -0.278. The number of nitrogens with one attached hydrogen (secondary N) is 1. The predicted molar refractivity (Wildman–Crippen MR) is 91.2 cm³/mol. The number of nitrogens with zero attached hydrogens (tertiary/aromatic N) is 1. The molecule has 2 aromatic rings. The van der Waals surface area contributed by atoms with E-state index in [0.717, 1.165) is 37.0 Å². The molecule has 1 heterocycles. The largest absolute Gasteiger partial charge is 0.441 e. The summed E-state index contributed by atoms with van der Waals surface area (Å²) >= 11 is 0. The van der Waals surface area contributed by atoms with Gasteiger partial charge in [0.2, 0.25) is 5.91 Å². The first kappa shape index (κ1) is 16.7. The Labute approximate surface area is 142 Å². The average Bonchev–Trinajstić information content (AvgIpc) is 3.09. The number of aliphatic hydroxyl groups excluding tert-OH is 1. The molecule has 3 rings (SSSR count). The maximum Gasteiger partial charge on any atom is 0.220 e. The Bertz CT molecular complexity index is 654. The molecule has 1 aromatic heterocycles. The van der Waals surface area contributed by atoms with Crippen LogP contribution in [0.4, 0.5) is 0 Å². The third kappa shape index (κ3) is 4.45. The van der Waals surface area contributed by atoms with Crippen molar-refractivity contribution in [2.45, 2.75) is 44.6 Å². The fourth-order valence-corrected chi connectivity index (χ4v) is 3.14. The summed E-state index contributed by atoms with van der Waals surface area (Å²) in [7, 11) is 0. The van der Waals surface area contributed by atoms with E-state index in [9.17, 15) is 9.90 Å². The minimum absolute atomic E-state index is 0.0211. The lowest BCUT2D eigenvalue weighted by atomic mass is 9.86. The molecule has 24 heavy (non-hydrogen) atoms. The first-order valence-electron chi connectivity index (χ1n) is 8.67. The molecule has 1 saturated carbocycles. The smallest absolute Gasteiger partial charge is 0.220 e. The minimum Gasteiger partial charge on any atom is -0.441 e. The highest BCUT2D eigenvalue weighted by atomic mass is 16.4. The Kier molecular flexibility index (Phi) is 5.64. The van der Waals surface area contributed by atoms with E-state index < -0.39 is 0 Å². The number of hydrogen-bond donors (Lipinski definition) is 2. The summed E-state index contributed by atoms with van der Waals surface area (Å²) in [5, 5.41) is 12.8. The molecule has 5 heteroatoms. The van der Waals surface area contributed by atoms with Crippen molar-refractivity contribution in [2.75, 3.05) is 6.54 Å². The van der Waals surface area contributed by atoms with Crippen LogP contribution in [0.25, 0.3) is 11.3 Å². The van der Waals surface area contributed by atoms with E-state index in [2.05, 4.69) is 10.3 Å². The lowest BCUT2D eigenvalue weighted by Crippen LogP contribution is -2.36. The monoisotopic (exact) mass is 328 g/mol. The van der Waals surface area contributed by atoms with Crippen LogP contribution >= 0.6 is 0 Å². The van der Waals surface area contributed by atoms with Crippen LogP contribution in [-0.2, 0) is 11.2 Å². The molecule has 0 radical (unpaired) electrons. The zero-order chi connectivity index (χ0) is 16.8. The predicted octanol–water partition coefficient (Wildman–Crippen LogP) is 2.94. The van der Waals surface area contributed by atoms with Gasteiger partial charge < -0.3 is 14.8 Å². The SMILES string of the molecule is O=C(CCc1ncc(-c2ccccc2)o1)NCC1CCCCC1O. The molecule has 2 atom stereocenters. The van der Waals surface area contributed by atoms with E-state index in [1.54, 1.807) is 6.20 Å². The third-order valence-corrected chi connectivity index (χ3v) is 4.61. The third-order valence-electron chi connectivity index (χ3n) is 4.61. The molecule has 1 fully saturated rings. The Balaban J connectivity index is 1.44. The molecule has 1 amide bonds. The molecular weight excluding hydrogens is 304 g/mol. The van der Waals surface area contributed by atoms with Gasteiger partial charge in [-0.15, -0.1) is 0 Å². The second kappa shape index (κ2) is 8.11. The molecule has 2 unspecified atom stereocenters. The van der Waals surface area contributed by atoms with Crippen molar-refractivity contribution in [1.29, 1.82) is 0 Å². The Morgan fingerprint density at radius 2 is 2.04 bits per heavy atom. The van der Waals surface area contributed by atoms with Crippen LogP contribution in [-0.4, -0.2) is 28.6 Å². The van der Waals surface area contributed by atoms with Crippen molar-refractivity contribution in [3.8, 4) is 11.3 Å². The zero-order valence-corrected chi connectivity index (χ0v) is 13.8. The number of oxazole rings is 1. The van der Waals surface area contributed by atoms with Gasteiger partial charge in [-0.25, -0.2) is 4.98 Å². The topological polar surface area (TPSA) is 75.4 Å². The first-order valence-corrected chi connectivity index (χ1v) is 8.67. The van der Waals surface area contributed by atoms with Gasteiger partial charge in [0.05, 0.1) is 12.3 Å². The van der Waals surface area contributed by atoms with Crippen LogP contribution in [0.1, 0.15) is 38.0 Å². The number of carbonyl (C=O) groups is 1. The molecule has 0 spiro atoms. The van der Waals surface area contributed by atoms with Crippen molar-refractivity contribution in [3.63, 3.8) is 0 Å². The maximum atomic E-state index is 12.0. The first-order chi connectivity index (χ1) is 11.7. The lowest BCUT2D eigenvalue weighted by Gasteiger charge is -2.27. The fourth-order valence-electron chi connectivity index (χ4n) is 3.14. The normalized spacial score (nSPS) is 20.7. The van der Waals surface area contributed by atoms with Crippen LogP contribution < -0.4 is 5.32 Å². The highest BCUT2D eigenvalue weighted by Crippen LogP contribution is 2.23. The molecule has 128 valence electrons. The summed E-state index contributed by atoms with van der Waals surface area (Å²) in [5.74, 6) is 1.46. The molecule has 0 saturated heterocycles. The van der Waals surface area contributed by atoms with E-state index in [0.29, 0.717) is 25.3 Å². The number of hydrogen-bond acceptors (Lipinski definition) is 4. The van der Waals surface area contributed by atoms with Crippen molar-refractivity contribution in [1.82, 2.24) is 10.3 Å². The van der Waals surface area contributed by atoms with Gasteiger partial charge in [-0.2, -0.15) is 0 Å². The lowest BCUT2D eigenvalue weighted by molar-refractivity contribution is -0.121. The molecule has 2 N–H and O–H groups in total. The summed E-state index contributed by atoms with van der Waals surface area (Å²) in [6.45, 7) is 0.556. The van der Waals surface area contributed by atoms with E-state index in [-0.39, 0.29) is 17.9 Å². The summed E-state index contributed by atoms with van der Waals surface area (Å²) in [5.41, 5.74) is 0.979. The number of aryl methyl sites for hydroxylation is 1. The van der Waals surface area contributed by atoms with Gasteiger partial charge in [0.1, 0.15) is 0 Å². The zero-order valence-electron chi connectivity index (χ0n) is 13.8. The summed E-state index contributed by atoms with van der Waals surface area (Å²) in [6.07, 6.45) is 6.29. The highest BCUT2D eigenvalue weighted by molar-refractivity contribution is 5.76. The van der Waals surface area contributed by atoms with Gasteiger partial charge >= 0.3 is 0 Å². The summed E-state index contributed by atoms with van der Waals surface area (Å²) < 4.78 is 5.70. The standard InChI is InChI=1S/C19H24N2O3/c22-16-9-5-4-8-15(16)12-20-18(23)10-11-19-21-13-17(24-19)14-6-2-1-3-7-14/h1-3,6-7,13,15-16,22H,4-5,8-12H2,(H,20,23). The molecule has 1 aliphatic rings. The van der Waals surface area contributed by atoms with Crippen molar-refractivity contribution in [2.24, 2.45) is 5.92 Å². The quantitative estimate of drug-likeness (QED) is 0.855. The Morgan fingerprint density at radius 1 is 1.25 bits per heavy atom. The van der Waals surface area contributed by atoms with Crippen LogP contribution in [0.15, 0.2) is 40.9 Å². The highest BCUT2D eigenvalue weighted by Gasteiger charge is 2.23. The average molecular weight is 328 g/mol. The van der Waals surface area contributed by atoms with Gasteiger partial charge in [-0.05, 0) is 12.8 Å². The van der Waals surface area contributed by atoms with Crippen LogP contribution in [0, 0.1) is 5.92 Å². The number of aliphatic hydroxyl groups is 1. The van der Waals surface area contributed by atoms with Crippen molar-refractivity contribution in [3.05, 3.63) is 42.4 Å². The van der Waals surface area contributed by atoms with Crippen LogP contribution in [0.5, 0.6) is 0 Å². The van der Waals surface area contributed by atoms with Crippen LogP contribution in [0.3, 0.4) is 0 Å². The number of aromatic nitrogens is 1. The Morgan fingerprint density at radius 3 is 2.83 bits per heavy atom. The van der Waals surface area contributed by atoms with Crippen LogP contribution in [0.2, 0.25) is 0 Å². The molecule has 1 aromatic carbocycles. The molecule has 1 aliphatic carbocycles. The van der Waals surface area contributed by atoms with Gasteiger partial charge in [0.15, 0.2) is 11.7 Å². The molecule has 5 nitrogen and oxygen atoms in total. The summed E-state index contributed by atoms with van der Waals surface area (Å²) in [6, 6.07) is 9.78. The maximum absolute atomic E-state index is 12.0. The van der Waals surface area contributed by atoms with Gasteiger partial charge in [-0.3, -0.25) is 4.79 Å². The second-order valence-corrected chi connectivity index (χ2v) is 6.40. The molecule has 0 aliphatic heterocycles. The van der Waals surface area contributed by atoms with E-state index in [4.69, 9.17) is 4.42 Å². The fraction of sp³-hybridized carbons (Fsp3) is 0.474. The Hall–Kier alpha value is -2.14. The van der Waals surface area contributed by atoms with Gasteiger partial charge in [0, 0.05) is 30.9 Å². The van der Waals surface area contributed by atoms with E-state index in [1.165, 1.54) is 0 Å². The van der Waals surface area contributed by atoms with Crippen molar-refractivity contribution >= 4 is 5.91 Å². The van der Waals surface area contributed by atoms with Crippen molar-refractivity contribution < 1.29 is 14.3 Å². The van der Waals surface area contributed by atoms with Gasteiger partial charge in [0.25, 0.3) is 0 Å². The number of amides is 1. The molecular formula is C19H24N2O3. The second-order valence-electron chi connectivity index (χ2n) is 6.40.